The molecular formula is C15H14ClN3O4. The van der Waals surface area contributed by atoms with Crippen LogP contribution in [0, 0.1) is 10.1 Å². The first-order chi connectivity index (χ1) is 11.0. The van der Waals surface area contributed by atoms with Crippen LogP contribution < -0.4 is 14.9 Å². The Morgan fingerprint density at radius 3 is 2.48 bits per heavy atom. The molecule has 8 heteroatoms. The van der Waals surface area contributed by atoms with Gasteiger partial charge < -0.3 is 9.47 Å². The molecule has 0 unspecified atom stereocenters. The van der Waals surface area contributed by atoms with Gasteiger partial charge in [-0.3, -0.25) is 15.5 Å². The van der Waals surface area contributed by atoms with Crippen LogP contribution in [0.2, 0.25) is 5.02 Å². The van der Waals surface area contributed by atoms with Crippen LogP contribution in [0.15, 0.2) is 41.5 Å². The van der Waals surface area contributed by atoms with Crippen molar-refractivity contribution in [2.24, 2.45) is 5.10 Å². The minimum Gasteiger partial charge on any atom is -0.493 e. The van der Waals surface area contributed by atoms with Crippen LogP contribution in [0.5, 0.6) is 11.5 Å². The highest BCUT2D eigenvalue weighted by Crippen LogP contribution is 2.37. The molecule has 0 fully saturated rings. The van der Waals surface area contributed by atoms with Crippen LogP contribution in [-0.2, 0) is 0 Å². The third-order valence-corrected chi connectivity index (χ3v) is 3.18. The summed E-state index contributed by atoms with van der Waals surface area (Å²) < 4.78 is 10.1. The van der Waals surface area contributed by atoms with Crippen molar-refractivity contribution in [2.75, 3.05) is 19.6 Å². The van der Waals surface area contributed by atoms with E-state index in [4.69, 9.17) is 21.1 Å². The molecule has 7 nitrogen and oxygen atoms in total. The lowest BCUT2D eigenvalue weighted by Crippen LogP contribution is -1.99. The molecule has 2 aromatic carbocycles. The smallest absolute Gasteiger partial charge is 0.315 e. The summed E-state index contributed by atoms with van der Waals surface area (Å²) in [6.07, 6.45) is 1.45. The minimum atomic E-state index is -0.536. The van der Waals surface area contributed by atoms with Gasteiger partial charge in [-0.1, -0.05) is 11.6 Å². The third-order valence-electron chi connectivity index (χ3n) is 2.93. The maximum atomic E-state index is 11.1. The third kappa shape index (κ3) is 4.10. The van der Waals surface area contributed by atoms with Gasteiger partial charge >= 0.3 is 5.69 Å². The number of hydrazone groups is 1. The molecule has 23 heavy (non-hydrogen) atoms. The van der Waals surface area contributed by atoms with Gasteiger partial charge in [0.05, 0.1) is 31.0 Å². The zero-order valence-corrected chi connectivity index (χ0v) is 13.2. The monoisotopic (exact) mass is 335 g/mol. The molecule has 0 aromatic heterocycles. The number of hydrogen-bond acceptors (Lipinski definition) is 6. The zero-order chi connectivity index (χ0) is 16.8. The van der Waals surface area contributed by atoms with Crippen LogP contribution >= 0.6 is 11.6 Å². The fourth-order valence-corrected chi connectivity index (χ4v) is 2.01. The lowest BCUT2D eigenvalue weighted by molar-refractivity contribution is -0.385. The average molecular weight is 336 g/mol. The number of nitrogens with zero attached hydrogens (tertiary/aromatic N) is 2. The van der Waals surface area contributed by atoms with Gasteiger partial charge in [0.2, 0.25) is 5.75 Å². The Balaban J connectivity index is 2.25. The molecule has 0 aliphatic heterocycles. The van der Waals surface area contributed by atoms with E-state index in [2.05, 4.69) is 10.5 Å². The summed E-state index contributed by atoms with van der Waals surface area (Å²) >= 11 is 5.79. The van der Waals surface area contributed by atoms with Crippen molar-refractivity contribution < 1.29 is 14.4 Å². The van der Waals surface area contributed by atoms with Gasteiger partial charge in [0.15, 0.2) is 5.75 Å². The minimum absolute atomic E-state index is 0.0697. The molecule has 0 saturated carbocycles. The van der Waals surface area contributed by atoms with Crippen LogP contribution in [0.25, 0.3) is 0 Å². The van der Waals surface area contributed by atoms with Gasteiger partial charge in [-0.2, -0.15) is 5.10 Å². The van der Waals surface area contributed by atoms with Crippen molar-refractivity contribution in [2.45, 2.75) is 0 Å². The molecule has 0 aliphatic carbocycles. The quantitative estimate of drug-likeness (QED) is 0.494. The van der Waals surface area contributed by atoms with Gasteiger partial charge in [0.1, 0.15) is 0 Å². The number of rotatable bonds is 6. The Bertz CT molecular complexity index is 732. The second-order valence-electron chi connectivity index (χ2n) is 4.41. The molecule has 0 bridgehead atoms. The van der Waals surface area contributed by atoms with Crippen molar-refractivity contribution in [1.29, 1.82) is 0 Å². The first-order valence-electron chi connectivity index (χ1n) is 6.50. The first-order valence-corrected chi connectivity index (χ1v) is 6.88. The number of nitro groups is 1. The number of nitro benzene ring substituents is 1. The Labute approximate surface area is 137 Å². The van der Waals surface area contributed by atoms with E-state index in [-0.39, 0.29) is 17.2 Å². The molecule has 2 aromatic rings. The van der Waals surface area contributed by atoms with E-state index in [0.29, 0.717) is 10.6 Å². The Hall–Kier alpha value is -2.80. The van der Waals surface area contributed by atoms with Crippen molar-refractivity contribution in [3.05, 3.63) is 57.1 Å². The normalized spacial score (nSPS) is 10.6. The van der Waals surface area contributed by atoms with Gasteiger partial charge in [-0.25, -0.2) is 0 Å². The molecule has 0 heterocycles. The van der Waals surface area contributed by atoms with Gasteiger partial charge in [-0.05, 0) is 30.3 Å². The number of nitrogens with one attached hydrogen (secondary N) is 1. The van der Waals surface area contributed by atoms with E-state index in [9.17, 15) is 10.1 Å². The fraction of sp³-hybridized carbons (Fsp3) is 0.133. The van der Waals surface area contributed by atoms with E-state index in [1.807, 2.05) is 0 Å². The molecule has 1 N–H and O–H groups in total. The van der Waals surface area contributed by atoms with E-state index >= 15 is 0 Å². The van der Waals surface area contributed by atoms with Crippen molar-refractivity contribution in [1.82, 2.24) is 0 Å². The van der Waals surface area contributed by atoms with E-state index < -0.39 is 4.92 Å². The van der Waals surface area contributed by atoms with E-state index in [1.165, 1.54) is 26.5 Å². The maximum absolute atomic E-state index is 11.1. The van der Waals surface area contributed by atoms with E-state index in [0.717, 1.165) is 5.69 Å². The molecule has 0 saturated heterocycles. The number of anilines is 1. The Morgan fingerprint density at radius 1 is 1.22 bits per heavy atom. The van der Waals surface area contributed by atoms with Gasteiger partial charge in [0.25, 0.3) is 0 Å². The molecule has 0 atom stereocenters. The summed E-state index contributed by atoms with van der Waals surface area (Å²) in [6, 6.07) is 9.92. The van der Waals surface area contributed by atoms with Crippen LogP contribution in [0.4, 0.5) is 11.4 Å². The van der Waals surface area contributed by atoms with Crippen LogP contribution in [0.3, 0.4) is 0 Å². The summed E-state index contributed by atoms with van der Waals surface area (Å²) in [4.78, 5) is 10.6. The highest BCUT2D eigenvalue weighted by Gasteiger charge is 2.20. The first kappa shape index (κ1) is 16.6. The molecule has 0 aliphatic rings. The topological polar surface area (TPSA) is 86.0 Å². The second-order valence-corrected chi connectivity index (χ2v) is 4.85. The van der Waals surface area contributed by atoms with Crippen molar-refractivity contribution in [3.8, 4) is 11.5 Å². The lowest BCUT2D eigenvalue weighted by atomic mass is 10.2. The standard InChI is InChI=1S/C15H14ClN3O4/c1-22-14-8-10(7-13(19(20)21)15(14)23-2)9-17-18-12-5-3-11(16)4-6-12/h3-9,18H,1-2H3/b17-9+. The zero-order valence-electron chi connectivity index (χ0n) is 12.4. The number of methoxy groups -OCH3 is 2. The predicted molar refractivity (Wildman–Crippen MR) is 88.9 cm³/mol. The summed E-state index contributed by atoms with van der Waals surface area (Å²) in [5, 5.41) is 15.8. The number of benzene rings is 2. The highest BCUT2D eigenvalue weighted by atomic mass is 35.5. The highest BCUT2D eigenvalue weighted by molar-refractivity contribution is 6.30. The van der Waals surface area contributed by atoms with Crippen LogP contribution in [-0.4, -0.2) is 25.4 Å². The predicted octanol–water partition coefficient (Wildman–Crippen LogP) is 3.71. The van der Waals surface area contributed by atoms with Crippen molar-refractivity contribution >= 4 is 29.2 Å². The summed E-state index contributed by atoms with van der Waals surface area (Å²) in [5.41, 5.74) is 3.84. The Kier molecular flexibility index (Phi) is 5.37. The molecule has 2 rings (SSSR count). The average Bonchev–Trinajstić information content (AvgIpc) is 2.55. The van der Waals surface area contributed by atoms with Crippen molar-refractivity contribution in [3.63, 3.8) is 0 Å². The van der Waals surface area contributed by atoms with Gasteiger partial charge in [0, 0.05) is 16.7 Å². The molecular weight excluding hydrogens is 322 g/mol. The SMILES string of the molecule is COc1cc(/C=N/Nc2ccc(Cl)cc2)cc([N+](=O)[O-])c1OC. The molecule has 120 valence electrons. The number of hydrogen-bond donors (Lipinski definition) is 1. The lowest BCUT2D eigenvalue weighted by Gasteiger charge is -2.08. The molecule has 0 radical (unpaired) electrons. The van der Waals surface area contributed by atoms with E-state index in [1.54, 1.807) is 30.3 Å². The van der Waals surface area contributed by atoms with Crippen LogP contribution in [0.1, 0.15) is 5.56 Å². The largest absolute Gasteiger partial charge is 0.493 e. The number of ether oxygens (including phenoxy) is 2. The fourth-order valence-electron chi connectivity index (χ4n) is 1.88. The number of halogens is 1. The maximum Gasteiger partial charge on any atom is 0.315 e. The summed E-state index contributed by atoms with van der Waals surface area (Å²) in [7, 11) is 2.76. The molecule has 0 spiro atoms. The Morgan fingerprint density at radius 2 is 1.91 bits per heavy atom. The summed E-state index contributed by atoms with van der Waals surface area (Å²) in [6.45, 7) is 0. The second kappa shape index (κ2) is 7.46. The van der Waals surface area contributed by atoms with Gasteiger partial charge in [-0.15, -0.1) is 0 Å². The molecule has 0 amide bonds. The summed E-state index contributed by atoms with van der Waals surface area (Å²) in [5.74, 6) is 0.329.